The van der Waals surface area contributed by atoms with Crippen molar-refractivity contribution < 1.29 is 14.5 Å². The Bertz CT molecular complexity index is 1680. The molecule has 0 unspecified atom stereocenters. The third kappa shape index (κ3) is 4.82. The number of fused-ring (bicyclic) bond motifs is 1. The van der Waals surface area contributed by atoms with Gasteiger partial charge < -0.3 is 14.5 Å². The summed E-state index contributed by atoms with van der Waals surface area (Å²) in [6.07, 6.45) is 0. The second-order valence-electron chi connectivity index (χ2n) is 9.47. The second kappa shape index (κ2) is 10.5. The van der Waals surface area contributed by atoms with Crippen molar-refractivity contribution in [1.29, 1.82) is 0 Å². The molecule has 1 saturated heterocycles. The number of rotatable bonds is 6. The maximum Gasteiger partial charge on any atom is 0.272 e. The molecule has 40 heavy (non-hydrogen) atoms. The van der Waals surface area contributed by atoms with Gasteiger partial charge in [0.2, 0.25) is 0 Å². The normalized spacial score (nSPS) is 13.4. The van der Waals surface area contributed by atoms with Gasteiger partial charge in [-0.15, -0.1) is 0 Å². The fraction of sp³-hybridized carbons (Fsp3) is 0.167. The number of aromatic nitrogens is 3. The van der Waals surface area contributed by atoms with Crippen molar-refractivity contribution in [2.24, 2.45) is 0 Å². The molecule has 2 aromatic heterocycles. The highest BCUT2D eigenvalue weighted by molar-refractivity contribution is 5.94. The molecular weight excluding hydrogens is 508 g/mol. The van der Waals surface area contributed by atoms with Crippen molar-refractivity contribution in [3.63, 3.8) is 0 Å². The van der Waals surface area contributed by atoms with Crippen LogP contribution in [-0.4, -0.2) is 63.6 Å². The molecule has 5 aromatic rings. The number of methoxy groups -OCH3 is 1. The van der Waals surface area contributed by atoms with E-state index in [4.69, 9.17) is 14.8 Å². The molecule has 200 valence electrons. The van der Waals surface area contributed by atoms with Gasteiger partial charge in [0.15, 0.2) is 5.65 Å². The zero-order valence-electron chi connectivity index (χ0n) is 21.8. The summed E-state index contributed by atoms with van der Waals surface area (Å²) in [5, 5.41) is 15.8. The molecule has 0 saturated carbocycles. The Hall–Kier alpha value is -5.25. The molecule has 3 heterocycles. The number of hydrogen-bond acceptors (Lipinski definition) is 7. The first-order valence-electron chi connectivity index (χ1n) is 12.9. The number of nitro groups is 1. The number of nitrogens with zero attached hydrogens (tertiary/aromatic N) is 6. The van der Waals surface area contributed by atoms with Crippen LogP contribution in [0.25, 0.3) is 28.2 Å². The molecule has 0 spiro atoms. The third-order valence-corrected chi connectivity index (χ3v) is 7.09. The largest absolute Gasteiger partial charge is 0.497 e. The monoisotopic (exact) mass is 534 g/mol. The Morgan fingerprint density at radius 3 is 2.17 bits per heavy atom. The summed E-state index contributed by atoms with van der Waals surface area (Å²) < 4.78 is 6.92. The van der Waals surface area contributed by atoms with Crippen LogP contribution in [0.3, 0.4) is 0 Å². The standard InChI is InChI=1S/C30H26N6O4/c1-40-25-13-7-22(8-14-25)26-19-28(35-29(31-26)20-27(32-35)21-5-3-2-4-6-21)30(37)34-17-15-33(16-18-34)23-9-11-24(12-10-23)36(38)39/h2-14,19-20H,15-18H2,1H3. The Labute approximate surface area is 230 Å². The lowest BCUT2D eigenvalue weighted by molar-refractivity contribution is -0.384. The Morgan fingerprint density at radius 2 is 1.52 bits per heavy atom. The van der Waals surface area contributed by atoms with Gasteiger partial charge >= 0.3 is 0 Å². The third-order valence-electron chi connectivity index (χ3n) is 7.09. The lowest BCUT2D eigenvalue weighted by atomic mass is 10.1. The molecule has 3 aromatic carbocycles. The van der Waals surface area contributed by atoms with E-state index in [1.54, 1.807) is 29.8 Å². The first-order chi connectivity index (χ1) is 19.5. The molecular formula is C30H26N6O4. The number of nitro benzene ring substituents is 1. The molecule has 1 aliphatic rings. The predicted octanol–water partition coefficient (Wildman–Crippen LogP) is 4.94. The van der Waals surface area contributed by atoms with E-state index in [-0.39, 0.29) is 11.6 Å². The lowest BCUT2D eigenvalue weighted by Gasteiger charge is -2.36. The molecule has 0 N–H and O–H groups in total. The first-order valence-corrected chi connectivity index (χ1v) is 12.9. The Morgan fingerprint density at radius 1 is 0.850 bits per heavy atom. The van der Waals surface area contributed by atoms with Gasteiger partial charge in [-0.3, -0.25) is 14.9 Å². The van der Waals surface area contributed by atoms with Crippen molar-refractivity contribution in [3.8, 4) is 28.3 Å². The molecule has 0 atom stereocenters. The molecule has 1 fully saturated rings. The van der Waals surface area contributed by atoms with E-state index in [1.807, 2.05) is 65.6 Å². The molecule has 0 bridgehead atoms. The first kappa shape index (κ1) is 25.1. The average Bonchev–Trinajstić information content (AvgIpc) is 3.45. The van der Waals surface area contributed by atoms with Crippen LogP contribution in [0.2, 0.25) is 0 Å². The molecule has 0 aliphatic carbocycles. The molecule has 0 radical (unpaired) electrons. The SMILES string of the molecule is COc1ccc(-c2cc(C(=O)N3CCN(c4ccc([N+](=O)[O-])cc4)CC3)n3nc(-c4ccccc4)cc3n2)cc1. The average molecular weight is 535 g/mol. The summed E-state index contributed by atoms with van der Waals surface area (Å²) in [4.78, 5) is 33.3. The maximum absolute atomic E-state index is 13.9. The summed E-state index contributed by atoms with van der Waals surface area (Å²) in [6, 6.07) is 27.6. The summed E-state index contributed by atoms with van der Waals surface area (Å²) in [6.45, 7) is 2.23. The lowest BCUT2D eigenvalue weighted by Crippen LogP contribution is -2.49. The fourth-order valence-corrected chi connectivity index (χ4v) is 4.90. The summed E-state index contributed by atoms with van der Waals surface area (Å²) in [5.41, 5.74) is 5.17. The van der Waals surface area contributed by atoms with Crippen molar-refractivity contribution in [2.45, 2.75) is 0 Å². The minimum atomic E-state index is -0.408. The number of hydrogen-bond donors (Lipinski definition) is 0. The number of non-ortho nitro benzene ring substituents is 1. The molecule has 10 nitrogen and oxygen atoms in total. The highest BCUT2D eigenvalue weighted by Crippen LogP contribution is 2.27. The van der Waals surface area contributed by atoms with Gasteiger partial charge in [0.1, 0.15) is 11.4 Å². The van der Waals surface area contributed by atoms with Crippen molar-refractivity contribution >= 4 is 22.9 Å². The second-order valence-corrected chi connectivity index (χ2v) is 9.47. The van der Waals surface area contributed by atoms with Gasteiger partial charge in [-0.2, -0.15) is 5.10 Å². The molecule has 10 heteroatoms. The molecule has 1 amide bonds. The van der Waals surface area contributed by atoms with E-state index in [1.165, 1.54) is 12.1 Å². The molecule has 6 rings (SSSR count). The maximum atomic E-state index is 13.9. The van der Waals surface area contributed by atoms with Crippen LogP contribution in [0, 0.1) is 10.1 Å². The van der Waals surface area contributed by atoms with Crippen LogP contribution in [-0.2, 0) is 0 Å². The van der Waals surface area contributed by atoms with Crippen LogP contribution in [0.1, 0.15) is 10.5 Å². The number of ether oxygens (including phenoxy) is 1. The van der Waals surface area contributed by atoms with E-state index in [0.717, 1.165) is 28.3 Å². The zero-order valence-corrected chi connectivity index (χ0v) is 21.8. The van der Waals surface area contributed by atoms with Gasteiger partial charge in [-0.25, -0.2) is 9.50 Å². The number of amides is 1. The quantitative estimate of drug-likeness (QED) is 0.224. The van der Waals surface area contributed by atoms with Crippen molar-refractivity contribution in [2.75, 3.05) is 38.2 Å². The molecule has 1 aliphatic heterocycles. The van der Waals surface area contributed by atoms with E-state index in [0.29, 0.717) is 43.2 Å². The summed E-state index contributed by atoms with van der Waals surface area (Å²) >= 11 is 0. The number of carbonyl (C=O) groups excluding carboxylic acids is 1. The van der Waals surface area contributed by atoms with Crippen molar-refractivity contribution in [1.82, 2.24) is 19.5 Å². The minimum absolute atomic E-state index is 0.0565. The Kier molecular flexibility index (Phi) is 6.57. The van der Waals surface area contributed by atoms with Gasteiger partial charge in [-0.1, -0.05) is 30.3 Å². The number of piperazine rings is 1. The van der Waals surface area contributed by atoms with Gasteiger partial charge in [0.25, 0.3) is 11.6 Å². The number of benzene rings is 3. The smallest absolute Gasteiger partial charge is 0.272 e. The zero-order chi connectivity index (χ0) is 27.6. The van der Waals surface area contributed by atoms with E-state index >= 15 is 0 Å². The topological polar surface area (TPSA) is 106 Å². The van der Waals surface area contributed by atoms with E-state index in [2.05, 4.69) is 4.90 Å². The van der Waals surface area contributed by atoms with Gasteiger partial charge in [0, 0.05) is 61.2 Å². The number of carbonyl (C=O) groups is 1. The fourth-order valence-electron chi connectivity index (χ4n) is 4.90. The van der Waals surface area contributed by atoms with Crippen LogP contribution >= 0.6 is 0 Å². The van der Waals surface area contributed by atoms with E-state index < -0.39 is 4.92 Å². The highest BCUT2D eigenvalue weighted by atomic mass is 16.6. The summed E-state index contributed by atoms with van der Waals surface area (Å²) in [7, 11) is 1.62. The highest BCUT2D eigenvalue weighted by Gasteiger charge is 2.26. The van der Waals surface area contributed by atoms with E-state index in [9.17, 15) is 14.9 Å². The Balaban J connectivity index is 1.31. The summed E-state index contributed by atoms with van der Waals surface area (Å²) in [5.74, 6) is 0.607. The van der Waals surface area contributed by atoms with Crippen LogP contribution in [0.4, 0.5) is 11.4 Å². The van der Waals surface area contributed by atoms with Crippen LogP contribution in [0.5, 0.6) is 5.75 Å². The predicted molar refractivity (Wildman–Crippen MR) is 152 cm³/mol. The van der Waals surface area contributed by atoms with Crippen molar-refractivity contribution in [3.05, 3.63) is 107 Å². The van der Waals surface area contributed by atoms with Gasteiger partial charge in [-0.05, 0) is 42.5 Å². The van der Waals surface area contributed by atoms with Crippen LogP contribution < -0.4 is 9.64 Å². The minimum Gasteiger partial charge on any atom is -0.497 e. The van der Waals surface area contributed by atoms with Crippen LogP contribution in [0.15, 0.2) is 91.0 Å². The van der Waals surface area contributed by atoms with Gasteiger partial charge in [0.05, 0.1) is 23.4 Å². The number of anilines is 1.